The molecule has 2 aromatic carbocycles. The van der Waals surface area contributed by atoms with Gasteiger partial charge in [-0.25, -0.2) is 14.6 Å². The minimum atomic E-state index is -1.82. The number of hydrogen-bond donors (Lipinski definition) is 9. The molecule has 48 heavy (non-hydrogen) atoms. The molecule has 0 aliphatic carbocycles. The number of carboxylic acid groups (broad SMARTS) is 1. The zero-order valence-corrected chi connectivity index (χ0v) is 26.6. The maximum absolute atomic E-state index is 12.8. The molecule has 1 heterocycles. The van der Waals surface area contributed by atoms with Gasteiger partial charge in [0.15, 0.2) is 35.7 Å². The van der Waals surface area contributed by atoms with E-state index < -0.39 is 49.3 Å². The lowest BCUT2D eigenvalue weighted by Gasteiger charge is -2.40. The number of aliphatic imine (C=N–C) groups is 1. The van der Waals surface area contributed by atoms with Crippen molar-refractivity contribution in [2.45, 2.75) is 50.5 Å². The number of guanidine groups is 1. The Morgan fingerprint density at radius 3 is 2.27 bits per heavy atom. The van der Waals surface area contributed by atoms with Crippen molar-refractivity contribution >= 4 is 23.6 Å². The Labute approximate surface area is 275 Å². The van der Waals surface area contributed by atoms with Crippen LogP contribution in [0.1, 0.15) is 40.5 Å². The van der Waals surface area contributed by atoms with Crippen LogP contribution in [0.4, 0.5) is 5.69 Å². The number of aliphatic hydroxyl groups excluding tert-OH is 4. The first kappa shape index (κ1) is 37.7. The summed E-state index contributed by atoms with van der Waals surface area (Å²) in [4.78, 5) is 28.8. The lowest BCUT2D eigenvalue weighted by Crippen LogP contribution is -2.60. The van der Waals surface area contributed by atoms with Crippen LogP contribution in [-0.4, -0.2) is 126 Å². The molecule has 1 fully saturated rings. The number of anilines is 1. The average Bonchev–Trinajstić information content (AvgIpc) is 3.07. The van der Waals surface area contributed by atoms with Gasteiger partial charge in [0.1, 0.15) is 31.0 Å². The molecule has 1 aliphatic rings. The number of nitrogens with zero attached hydrogens (tertiary/aromatic N) is 1. The summed E-state index contributed by atoms with van der Waals surface area (Å²) >= 11 is 0. The summed E-state index contributed by atoms with van der Waals surface area (Å²) in [6.07, 6.45) is -7.22. The van der Waals surface area contributed by atoms with Crippen molar-refractivity contribution < 1.29 is 68.6 Å². The van der Waals surface area contributed by atoms with Crippen LogP contribution in [0.25, 0.3) is 0 Å². The van der Waals surface area contributed by atoms with Gasteiger partial charge in [-0.1, -0.05) is 0 Å². The number of carboxylic acids is 1. The quantitative estimate of drug-likeness (QED) is 0.0444. The standard InChI is InChI=1S/C30H42N4O14/c1-4-32-17-12-19(18(11-16(17)27(40)41)46-14-34-30(31)33-7-5-6-8-35)47-29-26(39)25(38)24(37)22(48-29)13-45-28(42)15-9-20(43-2)23(36)21(10-15)44-3/h9-12,22,24-26,29,32,35-39H,4-8,13-14H2,1-3H3,(H,40,41)(H3,31,33,34)/t22-,24-,25+,26-,29-/m1/s1. The van der Waals surface area contributed by atoms with Gasteiger partial charge in [0.05, 0.1) is 31.0 Å². The van der Waals surface area contributed by atoms with Crippen LogP contribution >= 0.6 is 0 Å². The molecule has 5 atom stereocenters. The molecule has 0 amide bonds. The normalized spacial score (nSPS) is 20.8. The highest BCUT2D eigenvalue weighted by Gasteiger charge is 2.46. The first-order valence-electron chi connectivity index (χ1n) is 14.9. The van der Waals surface area contributed by atoms with Crippen molar-refractivity contribution in [1.82, 2.24) is 5.32 Å². The van der Waals surface area contributed by atoms with E-state index in [2.05, 4.69) is 15.6 Å². The summed E-state index contributed by atoms with van der Waals surface area (Å²) in [6, 6.07) is 4.86. The van der Waals surface area contributed by atoms with Crippen molar-refractivity contribution in [2.75, 3.05) is 52.6 Å². The first-order valence-corrected chi connectivity index (χ1v) is 14.9. The smallest absolute Gasteiger partial charge is 0.338 e. The van der Waals surface area contributed by atoms with Gasteiger partial charge >= 0.3 is 11.9 Å². The third kappa shape index (κ3) is 9.64. The van der Waals surface area contributed by atoms with Gasteiger partial charge in [0.2, 0.25) is 12.0 Å². The van der Waals surface area contributed by atoms with Gasteiger partial charge in [-0.3, -0.25) is 0 Å². The second kappa shape index (κ2) is 18.0. The van der Waals surface area contributed by atoms with Crippen LogP contribution in [0, 0.1) is 0 Å². The summed E-state index contributed by atoms with van der Waals surface area (Å²) in [5, 5.41) is 66.5. The fourth-order valence-corrected chi connectivity index (χ4v) is 4.49. The summed E-state index contributed by atoms with van der Waals surface area (Å²) < 4.78 is 32.6. The molecule has 2 aromatic rings. The number of aliphatic hydroxyl groups is 4. The van der Waals surface area contributed by atoms with Gasteiger partial charge in [0, 0.05) is 31.8 Å². The van der Waals surface area contributed by atoms with Crippen LogP contribution in [0.15, 0.2) is 29.3 Å². The number of aromatic hydroxyl groups is 1. The number of phenols is 1. The first-order chi connectivity index (χ1) is 22.9. The highest BCUT2D eigenvalue weighted by Crippen LogP contribution is 2.38. The van der Waals surface area contributed by atoms with Crippen LogP contribution in [-0.2, 0) is 9.47 Å². The van der Waals surface area contributed by atoms with Crippen LogP contribution in [0.3, 0.4) is 0 Å². The summed E-state index contributed by atoms with van der Waals surface area (Å²) in [7, 11) is 2.55. The highest BCUT2D eigenvalue weighted by molar-refractivity contribution is 5.95. The molecule has 3 rings (SSSR count). The number of unbranched alkanes of at least 4 members (excludes halogenated alkanes) is 1. The minimum Gasteiger partial charge on any atom is -0.502 e. The summed E-state index contributed by atoms with van der Waals surface area (Å²) in [5.74, 6) is -2.90. The van der Waals surface area contributed by atoms with Gasteiger partial charge < -0.3 is 75.4 Å². The van der Waals surface area contributed by atoms with E-state index in [1.54, 1.807) is 6.92 Å². The van der Waals surface area contributed by atoms with Gasteiger partial charge in [-0.05, 0) is 31.9 Å². The minimum absolute atomic E-state index is 0.0304. The molecule has 1 aliphatic heterocycles. The summed E-state index contributed by atoms with van der Waals surface area (Å²) in [5.41, 5.74) is 5.72. The van der Waals surface area contributed by atoms with Crippen molar-refractivity contribution in [1.29, 1.82) is 0 Å². The molecule has 18 nitrogen and oxygen atoms in total. The van der Waals surface area contributed by atoms with Crippen LogP contribution in [0.5, 0.6) is 28.7 Å². The molecule has 266 valence electrons. The molecule has 1 saturated heterocycles. The number of rotatable bonds is 17. The molecule has 0 radical (unpaired) electrons. The number of carbonyl (C=O) groups excluding carboxylic acids is 1. The Bertz CT molecular complexity index is 1400. The molecule has 18 heteroatoms. The van der Waals surface area contributed by atoms with E-state index in [0.29, 0.717) is 25.9 Å². The number of esters is 1. The zero-order valence-electron chi connectivity index (χ0n) is 26.6. The Morgan fingerprint density at radius 2 is 1.67 bits per heavy atom. The monoisotopic (exact) mass is 682 g/mol. The molecule has 0 unspecified atom stereocenters. The number of carbonyl (C=O) groups is 2. The fourth-order valence-electron chi connectivity index (χ4n) is 4.49. The number of methoxy groups -OCH3 is 2. The van der Waals surface area contributed by atoms with E-state index in [-0.39, 0.29) is 64.9 Å². The SMILES string of the molecule is CCNc1cc(O[C@@H]2O[C@H](COC(=O)c3cc(OC)c(O)c(OC)c3)[C@@H](O)[C@H](O)[C@H]2O)c(OCN=C(N)NCCCCO)cc1C(=O)O. The lowest BCUT2D eigenvalue weighted by molar-refractivity contribution is -0.277. The molecule has 0 saturated carbocycles. The Balaban J connectivity index is 1.82. The van der Waals surface area contributed by atoms with Gasteiger partial charge in [0.25, 0.3) is 0 Å². The fraction of sp³-hybridized carbons (Fsp3) is 0.500. The number of aromatic carboxylic acids is 1. The maximum Gasteiger partial charge on any atom is 0.338 e. The van der Waals surface area contributed by atoms with E-state index >= 15 is 0 Å². The lowest BCUT2D eigenvalue weighted by atomic mass is 9.99. The maximum atomic E-state index is 12.8. The predicted octanol–water partition coefficient (Wildman–Crippen LogP) is -0.404. The third-order valence-corrected chi connectivity index (χ3v) is 7.03. The van der Waals surface area contributed by atoms with Gasteiger partial charge in [-0.2, -0.15) is 0 Å². The van der Waals surface area contributed by atoms with E-state index in [0.717, 1.165) is 6.07 Å². The number of nitrogens with one attached hydrogen (secondary N) is 2. The average molecular weight is 683 g/mol. The molecule has 10 N–H and O–H groups in total. The Hall–Kier alpha value is -4.75. The molecular weight excluding hydrogens is 640 g/mol. The van der Waals surface area contributed by atoms with E-state index in [9.17, 15) is 35.1 Å². The molecule has 0 spiro atoms. The highest BCUT2D eigenvalue weighted by atomic mass is 16.7. The molecule has 0 bridgehead atoms. The van der Waals surface area contributed by atoms with E-state index in [4.69, 9.17) is 39.3 Å². The number of benzene rings is 2. The predicted molar refractivity (Wildman–Crippen MR) is 168 cm³/mol. The number of hydrogen-bond acceptors (Lipinski definition) is 15. The molecular formula is C30H42N4O14. The zero-order chi connectivity index (χ0) is 35.4. The van der Waals surface area contributed by atoms with Gasteiger partial charge in [-0.15, -0.1) is 0 Å². The Kier molecular flexibility index (Phi) is 14.1. The van der Waals surface area contributed by atoms with E-state index in [1.165, 1.54) is 32.4 Å². The van der Waals surface area contributed by atoms with E-state index in [1.807, 2.05) is 0 Å². The molecule has 0 aromatic heterocycles. The number of phenolic OH excluding ortho intramolecular Hbond substituents is 1. The number of ether oxygens (including phenoxy) is 6. The third-order valence-electron chi connectivity index (χ3n) is 7.03. The second-order valence-electron chi connectivity index (χ2n) is 10.3. The van der Waals surface area contributed by atoms with Crippen molar-refractivity contribution in [3.63, 3.8) is 0 Å². The summed E-state index contributed by atoms with van der Waals surface area (Å²) in [6.45, 7) is 1.56. The van der Waals surface area contributed by atoms with Crippen molar-refractivity contribution in [2.24, 2.45) is 10.7 Å². The van der Waals surface area contributed by atoms with Crippen LogP contribution < -0.4 is 35.3 Å². The largest absolute Gasteiger partial charge is 0.502 e. The Morgan fingerprint density at radius 1 is 0.979 bits per heavy atom. The van der Waals surface area contributed by atoms with Crippen molar-refractivity contribution in [3.8, 4) is 28.7 Å². The topological polar surface area (TPSA) is 273 Å². The second-order valence-corrected chi connectivity index (χ2v) is 10.3. The van der Waals surface area contributed by atoms with Crippen molar-refractivity contribution in [3.05, 3.63) is 35.4 Å². The number of nitrogens with two attached hydrogens (primary N) is 1. The van der Waals surface area contributed by atoms with Crippen LogP contribution in [0.2, 0.25) is 0 Å².